The first-order valence-electron chi connectivity index (χ1n) is 3.26. The lowest BCUT2D eigenvalue weighted by Crippen LogP contribution is -2.13. The number of nitrogens with two attached hydrogens (primary N) is 1. The van der Waals surface area contributed by atoms with Gasteiger partial charge in [-0.05, 0) is 34.7 Å². The smallest absolute Gasteiger partial charge is 0.249 e. The highest BCUT2D eigenvalue weighted by Crippen LogP contribution is 2.18. The van der Waals surface area contributed by atoms with Gasteiger partial charge in [-0.2, -0.15) is 5.26 Å². The number of benzene rings is 1. The van der Waals surface area contributed by atoms with Gasteiger partial charge in [0.05, 0.1) is 14.7 Å². The summed E-state index contributed by atoms with van der Waals surface area (Å²) in [6, 6.07) is 4.24. The van der Waals surface area contributed by atoms with Crippen molar-refractivity contribution in [2.75, 3.05) is 0 Å². The van der Waals surface area contributed by atoms with Crippen LogP contribution in [-0.4, -0.2) is 5.91 Å². The molecule has 3 nitrogen and oxygen atoms in total. The highest BCUT2D eigenvalue weighted by atomic mass is 127. The second-order valence-corrected chi connectivity index (χ2v) is 3.34. The van der Waals surface area contributed by atoms with Crippen molar-refractivity contribution in [1.82, 2.24) is 0 Å². The molecule has 5 heteroatoms. The van der Waals surface area contributed by atoms with E-state index < -0.39 is 11.7 Å². The van der Waals surface area contributed by atoms with Crippen LogP contribution in [0.1, 0.15) is 15.9 Å². The van der Waals surface area contributed by atoms with Crippen LogP contribution >= 0.6 is 22.6 Å². The number of nitrogens with zero attached hydrogens (tertiary/aromatic N) is 1. The molecule has 1 rings (SSSR count). The normalized spacial score (nSPS) is 9.31. The molecule has 2 N–H and O–H groups in total. The van der Waals surface area contributed by atoms with Crippen LogP contribution in [0, 0.1) is 20.7 Å². The summed E-state index contributed by atoms with van der Waals surface area (Å²) in [5, 5.41) is 8.46. The Labute approximate surface area is 87.5 Å². The Bertz CT molecular complexity index is 411. The molecule has 0 saturated carbocycles. The maximum absolute atomic E-state index is 13.2. The van der Waals surface area contributed by atoms with Crippen LogP contribution in [0.2, 0.25) is 0 Å². The molecule has 0 aliphatic heterocycles. The Morgan fingerprint density at radius 1 is 1.62 bits per heavy atom. The van der Waals surface area contributed by atoms with Gasteiger partial charge in [-0.1, -0.05) is 0 Å². The van der Waals surface area contributed by atoms with Crippen LogP contribution in [-0.2, 0) is 0 Å². The monoisotopic (exact) mass is 290 g/mol. The summed E-state index contributed by atoms with van der Waals surface area (Å²) in [5.74, 6) is -1.40. The standard InChI is InChI=1S/C8H4FIN2O/c9-6-4(3-11)1-2-5(7(6)10)8(12)13/h1-2H,(H2,12,13). The summed E-state index contributed by atoms with van der Waals surface area (Å²) in [7, 11) is 0. The van der Waals surface area contributed by atoms with E-state index in [0.717, 1.165) is 0 Å². The second-order valence-electron chi connectivity index (χ2n) is 2.26. The average molecular weight is 290 g/mol. The van der Waals surface area contributed by atoms with Gasteiger partial charge in [-0.3, -0.25) is 4.79 Å². The van der Waals surface area contributed by atoms with Crippen LogP contribution in [0.25, 0.3) is 0 Å². The Kier molecular flexibility index (Phi) is 2.83. The number of carbonyl (C=O) groups excluding carboxylic acids is 1. The van der Waals surface area contributed by atoms with E-state index in [2.05, 4.69) is 0 Å². The first-order valence-corrected chi connectivity index (χ1v) is 4.33. The van der Waals surface area contributed by atoms with Gasteiger partial charge in [-0.15, -0.1) is 0 Å². The fourth-order valence-corrected chi connectivity index (χ4v) is 1.56. The summed E-state index contributed by atoms with van der Waals surface area (Å²) < 4.78 is 13.3. The fourth-order valence-electron chi connectivity index (χ4n) is 0.826. The number of hydrogen-bond donors (Lipinski definition) is 1. The minimum absolute atomic E-state index is 0.0872. The topological polar surface area (TPSA) is 66.9 Å². The zero-order valence-corrected chi connectivity index (χ0v) is 8.50. The summed E-state index contributed by atoms with van der Waals surface area (Å²) in [4.78, 5) is 10.7. The predicted octanol–water partition coefficient (Wildman–Crippen LogP) is 1.40. The molecule has 13 heavy (non-hydrogen) atoms. The zero-order chi connectivity index (χ0) is 10.0. The van der Waals surface area contributed by atoms with Gasteiger partial charge in [0.1, 0.15) is 6.07 Å². The molecule has 0 atom stereocenters. The van der Waals surface area contributed by atoms with Crippen molar-refractivity contribution in [3.8, 4) is 6.07 Å². The molecule has 0 spiro atoms. The van der Waals surface area contributed by atoms with Gasteiger partial charge in [0.25, 0.3) is 0 Å². The van der Waals surface area contributed by atoms with Crippen molar-refractivity contribution < 1.29 is 9.18 Å². The van der Waals surface area contributed by atoms with E-state index in [0.29, 0.717) is 0 Å². The highest BCUT2D eigenvalue weighted by Gasteiger charge is 2.13. The summed E-state index contributed by atoms with van der Waals surface area (Å²) >= 11 is 1.64. The van der Waals surface area contributed by atoms with E-state index in [1.165, 1.54) is 12.1 Å². The van der Waals surface area contributed by atoms with Gasteiger partial charge in [0.2, 0.25) is 5.91 Å². The molecule has 0 heterocycles. The SMILES string of the molecule is N#Cc1ccc(C(N)=O)c(I)c1F. The van der Waals surface area contributed by atoms with Crippen molar-refractivity contribution in [3.63, 3.8) is 0 Å². The number of carbonyl (C=O) groups is 1. The Morgan fingerprint density at radius 2 is 2.23 bits per heavy atom. The van der Waals surface area contributed by atoms with E-state index in [9.17, 15) is 9.18 Å². The molecule has 0 saturated heterocycles. The molecular formula is C8H4FIN2O. The molecule has 0 aliphatic rings. The number of hydrogen-bond acceptors (Lipinski definition) is 2. The molecular weight excluding hydrogens is 286 g/mol. The molecule has 0 bridgehead atoms. The Balaban J connectivity index is 3.42. The van der Waals surface area contributed by atoms with Crippen LogP contribution in [0.4, 0.5) is 4.39 Å². The van der Waals surface area contributed by atoms with Gasteiger partial charge in [-0.25, -0.2) is 4.39 Å². The van der Waals surface area contributed by atoms with Crippen LogP contribution in [0.3, 0.4) is 0 Å². The van der Waals surface area contributed by atoms with Gasteiger partial charge in [0.15, 0.2) is 5.82 Å². The molecule has 1 amide bonds. The lowest BCUT2D eigenvalue weighted by atomic mass is 10.1. The van der Waals surface area contributed by atoms with Crippen molar-refractivity contribution in [3.05, 3.63) is 32.6 Å². The molecule has 0 radical (unpaired) electrons. The lowest BCUT2D eigenvalue weighted by molar-refractivity contribution is 0.0999. The molecule has 0 aliphatic carbocycles. The Morgan fingerprint density at radius 3 is 2.69 bits per heavy atom. The molecule has 0 fully saturated rings. The van der Waals surface area contributed by atoms with Gasteiger partial charge in [0, 0.05) is 0 Å². The van der Waals surface area contributed by atoms with E-state index in [1.54, 1.807) is 28.7 Å². The fraction of sp³-hybridized carbons (Fsp3) is 0. The average Bonchev–Trinajstić information content (AvgIpc) is 2.09. The maximum atomic E-state index is 13.2. The molecule has 0 aromatic heterocycles. The van der Waals surface area contributed by atoms with Gasteiger partial charge >= 0.3 is 0 Å². The molecule has 66 valence electrons. The lowest BCUT2D eigenvalue weighted by Gasteiger charge is -2.01. The van der Waals surface area contributed by atoms with E-state index >= 15 is 0 Å². The van der Waals surface area contributed by atoms with Crippen LogP contribution in [0.15, 0.2) is 12.1 Å². The number of amides is 1. The number of primary amides is 1. The molecule has 0 unspecified atom stereocenters. The second kappa shape index (κ2) is 3.70. The van der Waals surface area contributed by atoms with Crippen molar-refractivity contribution >= 4 is 28.5 Å². The third-order valence-corrected chi connectivity index (χ3v) is 2.52. The number of halogens is 2. The molecule has 1 aromatic carbocycles. The third kappa shape index (κ3) is 1.78. The maximum Gasteiger partial charge on any atom is 0.249 e. The van der Waals surface area contributed by atoms with E-state index in [-0.39, 0.29) is 14.7 Å². The Hall–Kier alpha value is -1.16. The minimum Gasteiger partial charge on any atom is -0.366 e. The summed E-state index contributed by atoms with van der Waals surface area (Å²) in [5.41, 5.74) is 4.99. The highest BCUT2D eigenvalue weighted by molar-refractivity contribution is 14.1. The largest absolute Gasteiger partial charge is 0.366 e. The van der Waals surface area contributed by atoms with E-state index in [4.69, 9.17) is 11.0 Å². The van der Waals surface area contributed by atoms with Gasteiger partial charge < -0.3 is 5.73 Å². The molecule has 1 aromatic rings. The quantitative estimate of drug-likeness (QED) is 0.794. The zero-order valence-electron chi connectivity index (χ0n) is 6.34. The van der Waals surface area contributed by atoms with Crippen molar-refractivity contribution in [2.45, 2.75) is 0 Å². The van der Waals surface area contributed by atoms with Crippen molar-refractivity contribution in [2.24, 2.45) is 5.73 Å². The van der Waals surface area contributed by atoms with E-state index in [1.807, 2.05) is 0 Å². The first kappa shape index (κ1) is 9.92. The first-order chi connectivity index (χ1) is 6.07. The van der Waals surface area contributed by atoms with Crippen LogP contribution in [0.5, 0.6) is 0 Å². The van der Waals surface area contributed by atoms with Crippen LogP contribution < -0.4 is 5.73 Å². The summed E-state index contributed by atoms with van der Waals surface area (Å²) in [6.45, 7) is 0. The minimum atomic E-state index is -0.701. The number of nitriles is 1. The number of rotatable bonds is 1. The summed E-state index contributed by atoms with van der Waals surface area (Å²) in [6.07, 6.45) is 0. The predicted molar refractivity (Wildman–Crippen MR) is 52.3 cm³/mol. The third-order valence-electron chi connectivity index (χ3n) is 1.47. The van der Waals surface area contributed by atoms with Crippen molar-refractivity contribution in [1.29, 1.82) is 5.26 Å².